The summed E-state index contributed by atoms with van der Waals surface area (Å²) in [5, 5.41) is 13.9. The second-order valence-electron chi connectivity index (χ2n) is 20.6. The number of carbonyl (C=O) groups is 1. The molecule has 430 valence electrons. The van der Waals surface area contributed by atoms with Gasteiger partial charge in [0.25, 0.3) is 0 Å². The molecule has 8 nitrogen and oxygen atoms in total. The van der Waals surface area contributed by atoms with Gasteiger partial charge < -0.3 is 19.8 Å². The van der Waals surface area contributed by atoms with Gasteiger partial charge in [0, 0.05) is 6.42 Å². The van der Waals surface area contributed by atoms with Gasteiger partial charge >= 0.3 is 7.82 Å². The molecule has 0 aromatic carbocycles. The number of nitrogens with zero attached hydrogens (tertiary/aromatic N) is 1. The number of nitrogens with one attached hydrogen (secondary N) is 1. The van der Waals surface area contributed by atoms with Gasteiger partial charge in [-0.05, 0) is 109 Å². The summed E-state index contributed by atoms with van der Waals surface area (Å²) in [6.07, 6.45) is 87.8. The van der Waals surface area contributed by atoms with Gasteiger partial charge in [-0.2, -0.15) is 0 Å². The summed E-state index contributed by atoms with van der Waals surface area (Å²) in [5.41, 5.74) is 0. The Morgan fingerprint density at radius 3 is 1.16 bits per heavy atom. The van der Waals surface area contributed by atoms with Crippen LogP contribution in [0, 0.1) is 0 Å². The van der Waals surface area contributed by atoms with E-state index in [1.807, 2.05) is 27.2 Å². The Hall–Kier alpha value is -3.88. The van der Waals surface area contributed by atoms with Crippen LogP contribution in [0.25, 0.3) is 0 Å². The number of rotatable bonds is 52. The molecule has 0 spiro atoms. The summed E-state index contributed by atoms with van der Waals surface area (Å²) in [6, 6.07) is -0.881. The summed E-state index contributed by atoms with van der Waals surface area (Å²) in [5.74, 6) is -0.226. The maximum atomic E-state index is 13.0. The third kappa shape index (κ3) is 57.8. The number of unbranched alkanes of at least 4 members (excludes halogenated alkanes) is 15. The van der Waals surface area contributed by atoms with E-state index in [1.54, 1.807) is 6.08 Å². The Kier molecular flexibility index (Phi) is 53.0. The average molecular weight is 1070 g/mol. The molecule has 0 saturated carbocycles. The Morgan fingerprint density at radius 1 is 0.461 bits per heavy atom. The van der Waals surface area contributed by atoms with Gasteiger partial charge in [-0.25, -0.2) is 4.57 Å². The van der Waals surface area contributed by atoms with E-state index in [1.165, 1.54) is 70.6 Å². The third-order valence-corrected chi connectivity index (χ3v) is 13.2. The molecule has 76 heavy (non-hydrogen) atoms. The van der Waals surface area contributed by atoms with Gasteiger partial charge in [-0.3, -0.25) is 13.8 Å². The number of aliphatic hydroxyl groups excluding tert-OH is 1. The zero-order valence-corrected chi connectivity index (χ0v) is 49.8. The molecule has 1 amide bonds. The largest absolute Gasteiger partial charge is 0.472 e. The predicted molar refractivity (Wildman–Crippen MR) is 331 cm³/mol. The van der Waals surface area contributed by atoms with Gasteiger partial charge in [-0.1, -0.05) is 249 Å². The Balaban J connectivity index is 4.27. The van der Waals surface area contributed by atoms with Crippen molar-refractivity contribution in [3.63, 3.8) is 0 Å². The van der Waals surface area contributed by atoms with Crippen LogP contribution >= 0.6 is 7.82 Å². The molecule has 0 rings (SSSR count). The van der Waals surface area contributed by atoms with E-state index < -0.39 is 20.0 Å². The van der Waals surface area contributed by atoms with Crippen LogP contribution in [0.4, 0.5) is 0 Å². The maximum absolute atomic E-state index is 13.0. The molecule has 0 aliphatic rings. The minimum absolute atomic E-state index is 0.0444. The zero-order valence-electron chi connectivity index (χ0n) is 48.9. The quantitative estimate of drug-likeness (QED) is 0.0243. The smallest absolute Gasteiger partial charge is 0.387 e. The van der Waals surface area contributed by atoms with Crippen molar-refractivity contribution >= 4 is 13.7 Å². The third-order valence-electron chi connectivity index (χ3n) is 12.3. The van der Waals surface area contributed by atoms with E-state index in [-0.39, 0.29) is 19.1 Å². The number of hydrogen-bond donors (Lipinski definition) is 3. The number of likely N-dealkylation sites (N-methyl/N-ethyl adjacent to an activating group) is 1. The van der Waals surface area contributed by atoms with Crippen molar-refractivity contribution in [3.8, 4) is 0 Å². The zero-order chi connectivity index (χ0) is 55.6. The summed E-state index contributed by atoms with van der Waals surface area (Å²) in [7, 11) is 1.52. The van der Waals surface area contributed by atoms with E-state index in [0.717, 1.165) is 109 Å². The van der Waals surface area contributed by atoms with Crippen molar-refractivity contribution in [2.45, 2.75) is 219 Å². The normalized spacial score (nSPS) is 15.0. The van der Waals surface area contributed by atoms with Gasteiger partial charge in [-0.15, -0.1) is 0 Å². The average Bonchev–Trinajstić information content (AvgIpc) is 3.38. The molecule has 0 fully saturated rings. The highest BCUT2D eigenvalue weighted by molar-refractivity contribution is 7.47. The summed E-state index contributed by atoms with van der Waals surface area (Å²) in [4.78, 5) is 23.3. The number of phosphoric acid groups is 1. The second-order valence-corrected chi connectivity index (χ2v) is 22.1. The second kappa shape index (κ2) is 55.9. The van der Waals surface area contributed by atoms with Crippen LogP contribution in [0.1, 0.15) is 206 Å². The molecule has 0 saturated heterocycles. The standard InChI is InChI=1S/C67H111N2O6P/c1-6-8-10-12-14-16-18-20-22-23-24-25-26-27-28-29-30-31-32-33-34-35-36-37-38-39-40-41-42-43-44-45-47-49-51-53-55-57-59-61-67(71)68-65(64-75-76(72,73)74-63-62-69(3,4)5)66(70)60-58-56-54-52-50-48-46-21-19-17-15-13-11-9-7-2/h8,10,14,16,20,22,24-25,27-28,30-31,33-34,36-37,39-40,42-43,45,47,51,53,58,60,65-66,70H,6-7,9,11-13,15,17-19,21,23,26,29,32,35,38,41,44,46,48-50,52,54-57,59,61-64H2,1-5H3,(H-,68,71,72,73)/p+1/b10-8-,16-14-,22-20-,25-24-,28-27-,31-30-,34-33-,37-36-,40-39-,43-42-,47-45-,53-51-,60-58+. The minimum atomic E-state index is -4.37. The molecule has 3 N–H and O–H groups in total. The molecule has 0 radical (unpaired) electrons. The molecule has 0 aromatic heterocycles. The molecule has 3 atom stereocenters. The molecular formula is C67H112N2O6P+. The number of carbonyl (C=O) groups excluding carboxylic acids is 1. The number of aliphatic hydroxyl groups is 1. The fourth-order valence-corrected chi connectivity index (χ4v) is 8.35. The summed E-state index contributed by atoms with van der Waals surface area (Å²) < 4.78 is 23.6. The molecule has 9 heteroatoms. The van der Waals surface area contributed by atoms with Crippen molar-refractivity contribution in [2.75, 3.05) is 40.9 Å². The van der Waals surface area contributed by atoms with E-state index >= 15 is 0 Å². The number of amides is 1. The van der Waals surface area contributed by atoms with E-state index in [0.29, 0.717) is 23.9 Å². The highest BCUT2D eigenvalue weighted by atomic mass is 31.2. The minimum Gasteiger partial charge on any atom is -0.387 e. The Labute approximate surface area is 467 Å². The highest BCUT2D eigenvalue weighted by Crippen LogP contribution is 2.43. The SMILES string of the molecule is CC/C=C\C/C=C\C/C=C\C/C=C\C/C=C\C/C=C\C/C=C\C/C=C\C/C=C\C/C=C\C/C=C\C/C=C\CCCCC(=O)NC(COP(=O)(O)OCC[N+](C)(C)C)C(O)/C=C/CCCCCCCCCCCCCCC. The van der Waals surface area contributed by atoms with Crippen LogP contribution in [0.5, 0.6) is 0 Å². The topological polar surface area (TPSA) is 105 Å². The first-order valence-corrected chi connectivity index (χ1v) is 31.4. The lowest BCUT2D eigenvalue weighted by Crippen LogP contribution is -2.45. The molecule has 3 unspecified atom stereocenters. The monoisotopic (exact) mass is 1070 g/mol. The van der Waals surface area contributed by atoms with Gasteiger partial charge in [0.1, 0.15) is 13.2 Å². The molecular weight excluding hydrogens is 960 g/mol. The van der Waals surface area contributed by atoms with Crippen LogP contribution in [-0.2, 0) is 18.4 Å². The molecule has 0 aliphatic heterocycles. The van der Waals surface area contributed by atoms with Crippen LogP contribution in [0.15, 0.2) is 158 Å². The fourth-order valence-electron chi connectivity index (χ4n) is 7.61. The van der Waals surface area contributed by atoms with Crippen LogP contribution < -0.4 is 5.32 Å². The molecule has 0 aliphatic carbocycles. The van der Waals surface area contributed by atoms with Crippen molar-refractivity contribution in [3.05, 3.63) is 158 Å². The lowest BCUT2D eigenvalue weighted by molar-refractivity contribution is -0.870. The van der Waals surface area contributed by atoms with E-state index in [9.17, 15) is 19.4 Å². The Bertz CT molecular complexity index is 1790. The predicted octanol–water partition coefficient (Wildman–Crippen LogP) is 18.6. The number of quaternary nitrogens is 1. The summed E-state index contributed by atoms with van der Waals surface area (Å²) >= 11 is 0. The first kappa shape index (κ1) is 72.1. The van der Waals surface area contributed by atoms with Crippen molar-refractivity contribution in [1.29, 1.82) is 0 Å². The van der Waals surface area contributed by atoms with Gasteiger partial charge in [0.15, 0.2) is 0 Å². The van der Waals surface area contributed by atoms with E-state index in [4.69, 9.17) is 9.05 Å². The van der Waals surface area contributed by atoms with Gasteiger partial charge in [0.2, 0.25) is 5.91 Å². The lowest BCUT2D eigenvalue weighted by atomic mass is 10.0. The van der Waals surface area contributed by atoms with Gasteiger partial charge in [0.05, 0.1) is 39.9 Å². The number of hydrogen-bond acceptors (Lipinski definition) is 5. The van der Waals surface area contributed by atoms with Crippen molar-refractivity contribution < 1.29 is 32.9 Å². The number of phosphoric ester groups is 1. The maximum Gasteiger partial charge on any atom is 0.472 e. The number of allylic oxidation sites excluding steroid dienone is 25. The Morgan fingerprint density at radius 2 is 0.789 bits per heavy atom. The summed E-state index contributed by atoms with van der Waals surface area (Å²) in [6.45, 7) is 4.64. The fraction of sp³-hybridized carbons (Fsp3) is 0.597. The first-order valence-electron chi connectivity index (χ1n) is 29.9. The van der Waals surface area contributed by atoms with Crippen LogP contribution in [0.3, 0.4) is 0 Å². The highest BCUT2D eigenvalue weighted by Gasteiger charge is 2.27. The van der Waals surface area contributed by atoms with Crippen LogP contribution in [-0.4, -0.2) is 73.4 Å². The molecule has 0 bridgehead atoms. The van der Waals surface area contributed by atoms with Crippen molar-refractivity contribution in [2.24, 2.45) is 0 Å². The first-order chi connectivity index (χ1) is 37.0. The van der Waals surface area contributed by atoms with Crippen LogP contribution in [0.2, 0.25) is 0 Å². The molecule has 0 heterocycles. The molecule has 0 aromatic rings. The lowest BCUT2D eigenvalue weighted by Gasteiger charge is -2.25. The van der Waals surface area contributed by atoms with Crippen molar-refractivity contribution in [1.82, 2.24) is 5.32 Å². The van der Waals surface area contributed by atoms with E-state index in [2.05, 4.69) is 165 Å².